The molecule has 0 saturated carbocycles. The van der Waals surface area contributed by atoms with Crippen molar-refractivity contribution in [1.82, 2.24) is 14.5 Å². The standard InChI is InChI=1S/C21H21ClN4O2/c1-28-19-7-3-6-18(15-19)26-9-8-23-21(26)25-12-10-24(11-13-25)20(27)16-4-2-5-17(22)14-16/h2-9,14-15H,10-13H2,1H3. The lowest BCUT2D eigenvalue weighted by atomic mass is 10.2. The van der Waals surface area contributed by atoms with E-state index in [0.29, 0.717) is 36.8 Å². The van der Waals surface area contributed by atoms with E-state index in [0.717, 1.165) is 17.4 Å². The highest BCUT2D eigenvalue weighted by Crippen LogP contribution is 2.23. The molecule has 7 heteroatoms. The quantitative estimate of drug-likeness (QED) is 0.677. The van der Waals surface area contributed by atoms with Crippen LogP contribution in [0.1, 0.15) is 10.4 Å². The van der Waals surface area contributed by atoms with Crippen molar-refractivity contribution in [2.45, 2.75) is 0 Å². The molecule has 0 spiro atoms. The molecule has 0 radical (unpaired) electrons. The zero-order chi connectivity index (χ0) is 19.5. The predicted molar refractivity (Wildman–Crippen MR) is 110 cm³/mol. The maximum atomic E-state index is 12.7. The number of methoxy groups -OCH3 is 1. The van der Waals surface area contributed by atoms with Gasteiger partial charge in [-0.15, -0.1) is 0 Å². The van der Waals surface area contributed by atoms with Crippen LogP contribution in [0.25, 0.3) is 5.69 Å². The first-order chi connectivity index (χ1) is 13.7. The van der Waals surface area contributed by atoms with Crippen LogP contribution in [0.2, 0.25) is 5.02 Å². The summed E-state index contributed by atoms with van der Waals surface area (Å²) in [6.45, 7) is 2.70. The molecule has 0 aliphatic carbocycles. The largest absolute Gasteiger partial charge is 0.497 e. The molecule has 1 aliphatic heterocycles. The summed E-state index contributed by atoms with van der Waals surface area (Å²) in [5.74, 6) is 1.68. The Labute approximate surface area is 168 Å². The molecular formula is C21H21ClN4O2. The van der Waals surface area contributed by atoms with Crippen LogP contribution in [0, 0.1) is 0 Å². The van der Waals surface area contributed by atoms with E-state index in [1.807, 2.05) is 39.9 Å². The van der Waals surface area contributed by atoms with Crippen molar-refractivity contribution in [2.75, 3.05) is 38.2 Å². The van der Waals surface area contributed by atoms with Gasteiger partial charge in [0.2, 0.25) is 5.95 Å². The van der Waals surface area contributed by atoms with E-state index in [1.165, 1.54) is 0 Å². The Morgan fingerprint density at radius 1 is 1.07 bits per heavy atom. The van der Waals surface area contributed by atoms with E-state index < -0.39 is 0 Å². The van der Waals surface area contributed by atoms with Crippen molar-refractivity contribution in [1.29, 1.82) is 0 Å². The third kappa shape index (κ3) is 3.68. The first-order valence-electron chi connectivity index (χ1n) is 9.13. The van der Waals surface area contributed by atoms with Crippen LogP contribution in [0.3, 0.4) is 0 Å². The van der Waals surface area contributed by atoms with Gasteiger partial charge in [0.15, 0.2) is 0 Å². The number of ether oxygens (including phenoxy) is 1. The minimum absolute atomic E-state index is 0.0123. The minimum atomic E-state index is 0.0123. The van der Waals surface area contributed by atoms with E-state index in [9.17, 15) is 4.79 Å². The van der Waals surface area contributed by atoms with Gasteiger partial charge >= 0.3 is 0 Å². The van der Waals surface area contributed by atoms with Crippen molar-refractivity contribution in [3.63, 3.8) is 0 Å². The summed E-state index contributed by atoms with van der Waals surface area (Å²) in [7, 11) is 1.66. The van der Waals surface area contributed by atoms with E-state index in [4.69, 9.17) is 16.3 Å². The van der Waals surface area contributed by atoms with Crippen molar-refractivity contribution in [3.05, 3.63) is 71.5 Å². The summed E-state index contributed by atoms with van der Waals surface area (Å²) in [5.41, 5.74) is 1.61. The summed E-state index contributed by atoms with van der Waals surface area (Å²) in [5, 5.41) is 0.574. The predicted octanol–water partition coefficient (Wildman–Crippen LogP) is 3.50. The molecule has 6 nitrogen and oxygen atoms in total. The van der Waals surface area contributed by atoms with Crippen LogP contribution in [-0.2, 0) is 0 Å². The maximum absolute atomic E-state index is 12.7. The maximum Gasteiger partial charge on any atom is 0.254 e. The minimum Gasteiger partial charge on any atom is -0.497 e. The number of halogens is 1. The summed E-state index contributed by atoms with van der Waals surface area (Å²) >= 11 is 6.02. The molecule has 4 rings (SSSR count). The Morgan fingerprint density at radius 2 is 1.86 bits per heavy atom. The summed E-state index contributed by atoms with van der Waals surface area (Å²) in [4.78, 5) is 21.3. The SMILES string of the molecule is COc1cccc(-n2ccnc2N2CCN(C(=O)c3cccc(Cl)c3)CC2)c1. The Morgan fingerprint density at radius 3 is 2.61 bits per heavy atom. The second kappa shape index (κ2) is 7.94. The normalized spacial score (nSPS) is 14.2. The van der Waals surface area contributed by atoms with Gasteiger partial charge in [-0.2, -0.15) is 0 Å². The third-order valence-electron chi connectivity index (χ3n) is 4.87. The lowest BCUT2D eigenvalue weighted by Gasteiger charge is -2.35. The van der Waals surface area contributed by atoms with E-state index in [-0.39, 0.29) is 5.91 Å². The fourth-order valence-corrected chi connectivity index (χ4v) is 3.60. The second-order valence-corrected chi connectivity index (χ2v) is 7.02. The van der Waals surface area contributed by atoms with Gasteiger partial charge in [0.25, 0.3) is 5.91 Å². The van der Waals surface area contributed by atoms with Gasteiger partial charge in [-0.25, -0.2) is 4.98 Å². The Kier molecular flexibility index (Phi) is 5.21. The number of benzene rings is 2. The highest BCUT2D eigenvalue weighted by atomic mass is 35.5. The van der Waals surface area contributed by atoms with Crippen LogP contribution in [0.15, 0.2) is 60.9 Å². The number of imidazole rings is 1. The average molecular weight is 397 g/mol. The number of nitrogens with zero attached hydrogens (tertiary/aromatic N) is 4. The highest BCUT2D eigenvalue weighted by molar-refractivity contribution is 6.30. The lowest BCUT2D eigenvalue weighted by Crippen LogP contribution is -2.49. The topological polar surface area (TPSA) is 50.6 Å². The monoisotopic (exact) mass is 396 g/mol. The zero-order valence-electron chi connectivity index (χ0n) is 15.6. The van der Waals surface area contributed by atoms with Gasteiger partial charge in [-0.3, -0.25) is 9.36 Å². The highest BCUT2D eigenvalue weighted by Gasteiger charge is 2.24. The number of hydrogen-bond donors (Lipinski definition) is 0. The molecule has 0 unspecified atom stereocenters. The van der Waals surface area contributed by atoms with Crippen molar-refractivity contribution in [2.24, 2.45) is 0 Å². The number of carbonyl (C=O) groups excluding carboxylic acids is 1. The molecule has 1 saturated heterocycles. The number of hydrogen-bond acceptors (Lipinski definition) is 4. The molecular weight excluding hydrogens is 376 g/mol. The number of amides is 1. The van der Waals surface area contributed by atoms with Gasteiger partial charge in [0, 0.05) is 55.2 Å². The third-order valence-corrected chi connectivity index (χ3v) is 5.11. The van der Waals surface area contributed by atoms with Crippen LogP contribution in [0.5, 0.6) is 5.75 Å². The number of carbonyl (C=O) groups is 1. The lowest BCUT2D eigenvalue weighted by molar-refractivity contribution is 0.0746. The van der Waals surface area contributed by atoms with Gasteiger partial charge in [0.1, 0.15) is 5.75 Å². The van der Waals surface area contributed by atoms with Crippen molar-refractivity contribution in [3.8, 4) is 11.4 Å². The second-order valence-electron chi connectivity index (χ2n) is 6.59. The first kappa shape index (κ1) is 18.4. The zero-order valence-corrected chi connectivity index (χ0v) is 16.3. The molecule has 2 heterocycles. The molecule has 1 fully saturated rings. The molecule has 1 aliphatic rings. The summed E-state index contributed by atoms with van der Waals surface area (Å²) in [6.07, 6.45) is 3.73. The molecule has 1 amide bonds. The van der Waals surface area contributed by atoms with Gasteiger partial charge in [-0.1, -0.05) is 23.7 Å². The molecule has 0 N–H and O–H groups in total. The molecule has 144 valence electrons. The van der Waals surface area contributed by atoms with Crippen LogP contribution >= 0.6 is 11.6 Å². The van der Waals surface area contributed by atoms with E-state index >= 15 is 0 Å². The van der Waals surface area contributed by atoms with Gasteiger partial charge in [-0.05, 0) is 30.3 Å². The molecule has 28 heavy (non-hydrogen) atoms. The van der Waals surface area contributed by atoms with Crippen LogP contribution in [0.4, 0.5) is 5.95 Å². The van der Waals surface area contributed by atoms with Gasteiger partial charge in [0.05, 0.1) is 12.8 Å². The summed E-state index contributed by atoms with van der Waals surface area (Å²) in [6, 6.07) is 15.0. The number of anilines is 1. The Hall–Kier alpha value is -2.99. The van der Waals surface area contributed by atoms with Crippen molar-refractivity contribution < 1.29 is 9.53 Å². The van der Waals surface area contributed by atoms with Crippen molar-refractivity contribution >= 4 is 23.5 Å². The Bertz CT molecular complexity index is 980. The summed E-state index contributed by atoms with van der Waals surface area (Å²) < 4.78 is 7.37. The number of piperazine rings is 1. The van der Waals surface area contributed by atoms with Crippen LogP contribution in [-0.4, -0.2) is 53.6 Å². The van der Waals surface area contributed by atoms with Gasteiger partial charge < -0.3 is 14.5 Å². The van der Waals surface area contributed by atoms with E-state index in [2.05, 4.69) is 9.88 Å². The molecule has 1 aromatic heterocycles. The number of rotatable bonds is 4. The van der Waals surface area contributed by atoms with Crippen LogP contribution < -0.4 is 9.64 Å². The smallest absolute Gasteiger partial charge is 0.254 e. The molecule has 0 atom stereocenters. The molecule has 3 aromatic rings. The van der Waals surface area contributed by atoms with E-state index in [1.54, 1.807) is 37.6 Å². The molecule has 0 bridgehead atoms. The average Bonchev–Trinajstić information content (AvgIpc) is 3.23. The first-order valence-corrected chi connectivity index (χ1v) is 9.51. The molecule has 2 aromatic carbocycles. The fraction of sp³-hybridized carbons (Fsp3) is 0.238. The fourth-order valence-electron chi connectivity index (χ4n) is 3.41. The number of aromatic nitrogens is 2. The Balaban J connectivity index is 1.47.